The fourth-order valence-electron chi connectivity index (χ4n) is 1.35. The summed E-state index contributed by atoms with van der Waals surface area (Å²) in [6.45, 7) is 2.02. The van der Waals surface area contributed by atoms with Gasteiger partial charge in [-0.15, -0.1) is 0 Å². The maximum absolute atomic E-state index is 11.0. The molecule has 0 fully saturated rings. The van der Waals surface area contributed by atoms with Crippen LogP contribution in [0.3, 0.4) is 0 Å². The molecule has 0 atom stereocenters. The third kappa shape index (κ3) is 3.00. The van der Waals surface area contributed by atoms with E-state index in [1.807, 2.05) is 24.3 Å². The van der Waals surface area contributed by atoms with Crippen LogP contribution in [0.2, 0.25) is 0 Å². The van der Waals surface area contributed by atoms with Crippen molar-refractivity contribution in [1.82, 2.24) is 15.4 Å². The minimum Gasteiger partial charge on any atom is -0.449 e. The number of nitrogens with one attached hydrogen (secondary N) is 1. The van der Waals surface area contributed by atoms with Crippen LogP contribution in [0.1, 0.15) is 12.6 Å². The molecule has 18 heavy (non-hydrogen) atoms. The van der Waals surface area contributed by atoms with Gasteiger partial charge in [0.15, 0.2) is 0 Å². The van der Waals surface area contributed by atoms with Gasteiger partial charge < -0.3 is 4.74 Å². The van der Waals surface area contributed by atoms with Crippen LogP contribution in [0.15, 0.2) is 35.6 Å². The summed E-state index contributed by atoms with van der Waals surface area (Å²) >= 11 is 0. The molecular formula is C12H12N4O2. The number of hydrogen-bond acceptors (Lipinski definition) is 5. The van der Waals surface area contributed by atoms with Crippen LogP contribution in [-0.2, 0) is 4.74 Å². The highest BCUT2D eigenvalue weighted by Crippen LogP contribution is 2.07. The lowest BCUT2D eigenvalue weighted by molar-refractivity contribution is 0.152. The van der Waals surface area contributed by atoms with Crippen molar-refractivity contribution in [1.29, 1.82) is 0 Å². The number of carbonyl (C=O) groups is 1. The molecule has 0 saturated heterocycles. The summed E-state index contributed by atoms with van der Waals surface area (Å²) in [5.41, 5.74) is 4.37. The molecular weight excluding hydrogens is 232 g/mol. The predicted molar refractivity (Wildman–Crippen MR) is 67.3 cm³/mol. The van der Waals surface area contributed by atoms with Crippen LogP contribution in [0, 0.1) is 0 Å². The second-order valence-corrected chi connectivity index (χ2v) is 3.37. The topological polar surface area (TPSA) is 76.5 Å². The fraction of sp³-hybridized carbons (Fsp3) is 0.167. The maximum atomic E-state index is 11.0. The van der Waals surface area contributed by atoms with E-state index in [0.717, 1.165) is 11.0 Å². The average Bonchev–Trinajstić information content (AvgIpc) is 2.39. The van der Waals surface area contributed by atoms with Crippen LogP contribution in [-0.4, -0.2) is 28.9 Å². The Balaban J connectivity index is 2.07. The molecule has 0 aliphatic carbocycles. The summed E-state index contributed by atoms with van der Waals surface area (Å²) in [6.07, 6.45) is 2.40. The van der Waals surface area contributed by atoms with Crippen molar-refractivity contribution < 1.29 is 9.53 Å². The monoisotopic (exact) mass is 244 g/mol. The van der Waals surface area contributed by atoms with E-state index >= 15 is 0 Å². The Bertz CT molecular complexity index is 583. The zero-order valence-corrected chi connectivity index (χ0v) is 9.83. The highest BCUT2D eigenvalue weighted by Gasteiger charge is 1.98. The molecule has 0 bridgehead atoms. The van der Waals surface area contributed by atoms with Gasteiger partial charge in [0, 0.05) is 0 Å². The van der Waals surface area contributed by atoms with Gasteiger partial charge in [-0.3, -0.25) is 4.98 Å². The number of hydrogen-bond donors (Lipinski definition) is 1. The van der Waals surface area contributed by atoms with Crippen molar-refractivity contribution in [3.05, 3.63) is 36.2 Å². The van der Waals surface area contributed by atoms with E-state index in [1.165, 1.54) is 6.21 Å². The summed E-state index contributed by atoms with van der Waals surface area (Å²) in [7, 11) is 0. The second-order valence-electron chi connectivity index (χ2n) is 3.37. The molecule has 1 aromatic carbocycles. The van der Waals surface area contributed by atoms with Crippen molar-refractivity contribution in [3.63, 3.8) is 0 Å². The summed E-state index contributed by atoms with van der Waals surface area (Å²) < 4.78 is 4.65. The lowest BCUT2D eigenvalue weighted by Gasteiger charge is -1.99. The van der Waals surface area contributed by atoms with Crippen LogP contribution < -0.4 is 5.43 Å². The number of rotatable bonds is 3. The lowest BCUT2D eigenvalue weighted by atomic mass is 10.3. The molecule has 1 amide bonds. The Hall–Kier alpha value is -2.50. The number of para-hydroxylation sites is 2. The Morgan fingerprint density at radius 3 is 3.00 bits per heavy atom. The second kappa shape index (κ2) is 5.72. The van der Waals surface area contributed by atoms with Gasteiger partial charge >= 0.3 is 6.09 Å². The van der Waals surface area contributed by atoms with E-state index in [4.69, 9.17) is 0 Å². The van der Waals surface area contributed by atoms with Gasteiger partial charge in [-0.1, -0.05) is 12.1 Å². The third-order valence-corrected chi connectivity index (χ3v) is 2.10. The molecule has 1 N–H and O–H groups in total. The van der Waals surface area contributed by atoms with E-state index in [2.05, 4.69) is 25.2 Å². The first-order valence-corrected chi connectivity index (χ1v) is 5.47. The lowest BCUT2D eigenvalue weighted by Crippen LogP contribution is -2.18. The van der Waals surface area contributed by atoms with Crippen molar-refractivity contribution in [2.24, 2.45) is 5.10 Å². The largest absolute Gasteiger partial charge is 0.449 e. The molecule has 2 aromatic rings. The molecule has 2 rings (SSSR count). The molecule has 6 heteroatoms. The number of fused-ring (bicyclic) bond motifs is 1. The number of aromatic nitrogens is 2. The van der Waals surface area contributed by atoms with Crippen LogP contribution >= 0.6 is 0 Å². The SMILES string of the molecule is CCOC(=O)N/N=C\c1cnc2ccccc2n1. The van der Waals surface area contributed by atoms with Crippen molar-refractivity contribution in [2.75, 3.05) is 6.61 Å². The summed E-state index contributed by atoms with van der Waals surface area (Å²) in [6, 6.07) is 7.51. The van der Waals surface area contributed by atoms with E-state index in [0.29, 0.717) is 12.3 Å². The first-order valence-electron chi connectivity index (χ1n) is 5.47. The molecule has 6 nitrogen and oxygen atoms in total. The fourth-order valence-corrected chi connectivity index (χ4v) is 1.35. The van der Waals surface area contributed by atoms with Gasteiger partial charge in [0.1, 0.15) is 5.69 Å². The minimum absolute atomic E-state index is 0.303. The molecule has 0 aliphatic rings. The van der Waals surface area contributed by atoms with Crippen LogP contribution in [0.4, 0.5) is 4.79 Å². The quantitative estimate of drug-likeness (QED) is 0.658. The van der Waals surface area contributed by atoms with Crippen LogP contribution in [0.25, 0.3) is 11.0 Å². The molecule has 1 aromatic heterocycles. The molecule has 0 spiro atoms. The first-order chi connectivity index (χ1) is 8.79. The zero-order valence-electron chi connectivity index (χ0n) is 9.83. The molecule has 1 heterocycles. The van der Waals surface area contributed by atoms with Gasteiger partial charge in [0.05, 0.1) is 30.1 Å². The standard InChI is InChI=1S/C12H12N4O2/c1-2-18-12(17)16-14-8-9-7-13-10-5-3-4-6-11(10)15-9/h3-8H,2H2,1H3,(H,16,17)/b14-8-. The van der Waals surface area contributed by atoms with E-state index in [-0.39, 0.29) is 0 Å². The van der Waals surface area contributed by atoms with Gasteiger partial charge in [0.2, 0.25) is 0 Å². The average molecular weight is 244 g/mol. The first kappa shape index (κ1) is 12.0. The zero-order chi connectivity index (χ0) is 12.8. The summed E-state index contributed by atoms with van der Waals surface area (Å²) in [4.78, 5) is 19.5. The molecule has 92 valence electrons. The Morgan fingerprint density at radius 1 is 1.44 bits per heavy atom. The normalized spacial score (nSPS) is 10.7. The number of benzene rings is 1. The van der Waals surface area contributed by atoms with E-state index in [9.17, 15) is 4.79 Å². The molecule has 0 radical (unpaired) electrons. The number of hydrazone groups is 1. The smallest absolute Gasteiger partial charge is 0.427 e. The van der Waals surface area contributed by atoms with Gasteiger partial charge in [0.25, 0.3) is 0 Å². The number of carbonyl (C=O) groups excluding carboxylic acids is 1. The van der Waals surface area contributed by atoms with Gasteiger partial charge in [-0.2, -0.15) is 5.10 Å². The highest BCUT2D eigenvalue weighted by atomic mass is 16.5. The Morgan fingerprint density at radius 2 is 2.22 bits per heavy atom. The van der Waals surface area contributed by atoms with Gasteiger partial charge in [-0.05, 0) is 19.1 Å². The van der Waals surface area contributed by atoms with E-state index in [1.54, 1.807) is 13.1 Å². The van der Waals surface area contributed by atoms with Gasteiger partial charge in [-0.25, -0.2) is 15.2 Å². The predicted octanol–water partition coefficient (Wildman–Crippen LogP) is 1.71. The highest BCUT2D eigenvalue weighted by molar-refractivity contribution is 5.82. The van der Waals surface area contributed by atoms with Crippen LogP contribution in [0.5, 0.6) is 0 Å². The molecule has 0 saturated carbocycles. The Kier molecular flexibility index (Phi) is 3.80. The number of ether oxygens (including phenoxy) is 1. The number of amides is 1. The van der Waals surface area contributed by atoms with E-state index < -0.39 is 6.09 Å². The maximum Gasteiger partial charge on any atom is 0.427 e. The molecule has 0 unspecified atom stereocenters. The summed E-state index contributed by atoms with van der Waals surface area (Å²) in [5, 5.41) is 3.71. The Labute approximate surface area is 104 Å². The van der Waals surface area contributed by atoms with Crippen molar-refractivity contribution in [2.45, 2.75) is 6.92 Å². The van der Waals surface area contributed by atoms with Crippen molar-refractivity contribution >= 4 is 23.3 Å². The third-order valence-electron chi connectivity index (χ3n) is 2.10. The number of nitrogens with zero attached hydrogens (tertiary/aromatic N) is 3. The molecule has 0 aliphatic heterocycles. The summed E-state index contributed by atoms with van der Waals surface area (Å²) in [5.74, 6) is 0. The minimum atomic E-state index is -0.595. The van der Waals surface area contributed by atoms with Crippen molar-refractivity contribution in [3.8, 4) is 0 Å².